The second-order valence-electron chi connectivity index (χ2n) is 3.41. The van der Waals surface area contributed by atoms with Crippen LogP contribution in [0.5, 0.6) is 0 Å². The highest BCUT2D eigenvalue weighted by Gasteiger charge is 2.07. The van der Waals surface area contributed by atoms with Gasteiger partial charge in [-0.05, 0) is 31.0 Å². The van der Waals surface area contributed by atoms with Crippen LogP contribution in [0.2, 0.25) is 0 Å². The Labute approximate surface area is 83.6 Å². The van der Waals surface area contributed by atoms with Crippen LogP contribution in [0.25, 0.3) is 10.9 Å². The van der Waals surface area contributed by atoms with Crippen LogP contribution in [0.1, 0.15) is 23.3 Å². The summed E-state index contributed by atoms with van der Waals surface area (Å²) in [5, 5.41) is 1.58. The van der Waals surface area contributed by atoms with E-state index < -0.39 is 0 Å². The van der Waals surface area contributed by atoms with Crippen molar-refractivity contribution < 1.29 is 0 Å². The molecule has 1 heterocycles. The molecule has 0 radical (unpaired) electrons. The van der Waals surface area contributed by atoms with Gasteiger partial charge >= 0.3 is 0 Å². The summed E-state index contributed by atoms with van der Waals surface area (Å²) in [5.74, 6) is 0. The van der Waals surface area contributed by atoms with Crippen LogP contribution in [0, 0.1) is 6.92 Å². The lowest BCUT2D eigenvalue weighted by atomic mass is 10.0. The molecular formula is C11H13NS. The van der Waals surface area contributed by atoms with Crippen LogP contribution < -0.4 is 0 Å². The van der Waals surface area contributed by atoms with Crippen LogP contribution in [0.15, 0.2) is 24.4 Å². The van der Waals surface area contributed by atoms with Gasteiger partial charge in [0.2, 0.25) is 0 Å². The minimum atomic E-state index is 0.291. The molecule has 0 aliphatic heterocycles. The number of hydrogen-bond acceptors (Lipinski definition) is 1. The van der Waals surface area contributed by atoms with E-state index in [0.717, 1.165) is 0 Å². The highest BCUT2D eigenvalue weighted by Crippen LogP contribution is 2.28. The molecule has 0 aliphatic rings. The van der Waals surface area contributed by atoms with E-state index in [0.29, 0.717) is 5.25 Å². The Morgan fingerprint density at radius 1 is 1.31 bits per heavy atom. The van der Waals surface area contributed by atoms with Gasteiger partial charge in [-0.3, -0.25) is 0 Å². The van der Waals surface area contributed by atoms with Gasteiger partial charge < -0.3 is 4.98 Å². The number of aromatic amines is 1. The first-order chi connectivity index (χ1) is 6.20. The SMILES string of the molecule is Cc1ccc([C@@H](C)S)c2cc[nH]c12. The normalized spacial score (nSPS) is 13.5. The van der Waals surface area contributed by atoms with Gasteiger partial charge in [-0.1, -0.05) is 12.1 Å². The summed E-state index contributed by atoms with van der Waals surface area (Å²) < 4.78 is 0. The van der Waals surface area contributed by atoms with E-state index in [4.69, 9.17) is 0 Å². The fraction of sp³-hybridized carbons (Fsp3) is 0.273. The summed E-state index contributed by atoms with van der Waals surface area (Å²) in [6, 6.07) is 6.41. The Hall–Kier alpha value is -0.890. The lowest BCUT2D eigenvalue weighted by Gasteiger charge is -2.07. The highest BCUT2D eigenvalue weighted by atomic mass is 32.1. The summed E-state index contributed by atoms with van der Waals surface area (Å²) in [4.78, 5) is 3.25. The van der Waals surface area contributed by atoms with Gasteiger partial charge in [-0.2, -0.15) is 12.6 Å². The zero-order chi connectivity index (χ0) is 9.42. The van der Waals surface area contributed by atoms with Crippen molar-refractivity contribution in [1.29, 1.82) is 0 Å². The van der Waals surface area contributed by atoms with Gasteiger partial charge in [0.05, 0.1) is 0 Å². The van der Waals surface area contributed by atoms with Crippen molar-refractivity contribution in [3.8, 4) is 0 Å². The van der Waals surface area contributed by atoms with E-state index in [2.05, 4.69) is 49.7 Å². The Morgan fingerprint density at radius 3 is 2.77 bits per heavy atom. The molecule has 0 fully saturated rings. The molecule has 0 spiro atoms. The fourth-order valence-corrected chi connectivity index (χ4v) is 1.91. The molecule has 1 atom stereocenters. The first-order valence-electron chi connectivity index (χ1n) is 4.45. The molecular weight excluding hydrogens is 178 g/mol. The molecule has 1 aromatic heterocycles. The van der Waals surface area contributed by atoms with Crippen molar-refractivity contribution in [2.24, 2.45) is 0 Å². The van der Waals surface area contributed by atoms with E-state index in [9.17, 15) is 0 Å². The summed E-state index contributed by atoms with van der Waals surface area (Å²) in [5.41, 5.74) is 3.82. The maximum atomic E-state index is 4.46. The second-order valence-corrected chi connectivity index (χ2v) is 4.19. The standard InChI is InChI=1S/C11H13NS/c1-7-3-4-9(8(2)13)10-5-6-12-11(7)10/h3-6,8,12-13H,1-2H3/t8-/m1/s1. The van der Waals surface area contributed by atoms with Crippen LogP contribution in [0.4, 0.5) is 0 Å². The number of fused-ring (bicyclic) bond motifs is 1. The Balaban J connectivity index is 2.78. The van der Waals surface area contributed by atoms with Gasteiger partial charge in [-0.15, -0.1) is 0 Å². The van der Waals surface area contributed by atoms with E-state index in [1.54, 1.807) is 0 Å². The lowest BCUT2D eigenvalue weighted by Crippen LogP contribution is -1.87. The second kappa shape index (κ2) is 3.11. The zero-order valence-corrected chi connectivity index (χ0v) is 8.73. The molecule has 1 N–H and O–H groups in total. The smallest absolute Gasteiger partial charge is 0.0486 e. The average Bonchev–Trinajstić information content (AvgIpc) is 2.53. The molecule has 2 rings (SSSR count). The Bertz CT molecular complexity index is 429. The summed E-state index contributed by atoms with van der Waals surface area (Å²) in [6.45, 7) is 4.21. The van der Waals surface area contributed by atoms with Gasteiger partial charge in [0.1, 0.15) is 0 Å². The zero-order valence-electron chi connectivity index (χ0n) is 7.83. The van der Waals surface area contributed by atoms with Crippen molar-refractivity contribution in [3.63, 3.8) is 0 Å². The quantitative estimate of drug-likeness (QED) is 0.642. The molecule has 2 aromatic rings. The maximum absolute atomic E-state index is 4.46. The molecule has 0 saturated heterocycles. The van der Waals surface area contributed by atoms with E-state index in [1.165, 1.54) is 22.0 Å². The number of thiol groups is 1. The molecule has 0 aliphatic carbocycles. The minimum Gasteiger partial charge on any atom is -0.361 e. The maximum Gasteiger partial charge on any atom is 0.0486 e. The summed E-state index contributed by atoms with van der Waals surface area (Å²) in [7, 11) is 0. The number of benzene rings is 1. The molecule has 0 bridgehead atoms. The van der Waals surface area contributed by atoms with Crippen molar-refractivity contribution in [2.75, 3.05) is 0 Å². The van der Waals surface area contributed by atoms with E-state index >= 15 is 0 Å². The third-order valence-corrected chi connectivity index (χ3v) is 2.69. The molecule has 0 unspecified atom stereocenters. The van der Waals surface area contributed by atoms with Crippen molar-refractivity contribution >= 4 is 23.5 Å². The number of aryl methyl sites for hydroxylation is 1. The first-order valence-corrected chi connectivity index (χ1v) is 4.96. The third-order valence-electron chi connectivity index (χ3n) is 2.42. The Morgan fingerprint density at radius 2 is 2.08 bits per heavy atom. The molecule has 1 aromatic carbocycles. The van der Waals surface area contributed by atoms with Crippen LogP contribution in [-0.2, 0) is 0 Å². The fourth-order valence-electron chi connectivity index (χ4n) is 1.69. The predicted octanol–water partition coefficient (Wildman–Crippen LogP) is 3.47. The predicted molar refractivity (Wildman–Crippen MR) is 60.4 cm³/mol. The number of H-pyrrole nitrogens is 1. The summed E-state index contributed by atoms with van der Waals surface area (Å²) in [6.07, 6.45) is 1.98. The topological polar surface area (TPSA) is 15.8 Å². The summed E-state index contributed by atoms with van der Waals surface area (Å²) >= 11 is 4.46. The van der Waals surface area contributed by atoms with Crippen molar-refractivity contribution in [1.82, 2.24) is 4.98 Å². The molecule has 0 saturated carbocycles. The van der Waals surface area contributed by atoms with Crippen molar-refractivity contribution in [2.45, 2.75) is 19.1 Å². The number of hydrogen-bond donors (Lipinski definition) is 2. The third kappa shape index (κ3) is 1.35. The molecule has 13 heavy (non-hydrogen) atoms. The van der Waals surface area contributed by atoms with Gasteiger partial charge in [-0.25, -0.2) is 0 Å². The molecule has 2 heteroatoms. The van der Waals surface area contributed by atoms with E-state index in [-0.39, 0.29) is 0 Å². The Kier molecular flexibility index (Phi) is 2.08. The largest absolute Gasteiger partial charge is 0.361 e. The van der Waals surface area contributed by atoms with Crippen LogP contribution in [-0.4, -0.2) is 4.98 Å². The van der Waals surface area contributed by atoms with Gasteiger partial charge in [0, 0.05) is 22.3 Å². The highest BCUT2D eigenvalue weighted by molar-refractivity contribution is 7.80. The molecule has 68 valence electrons. The van der Waals surface area contributed by atoms with Crippen molar-refractivity contribution in [3.05, 3.63) is 35.5 Å². The monoisotopic (exact) mass is 191 g/mol. The number of aromatic nitrogens is 1. The molecule has 0 amide bonds. The number of nitrogens with one attached hydrogen (secondary N) is 1. The van der Waals surface area contributed by atoms with Gasteiger partial charge in [0.25, 0.3) is 0 Å². The average molecular weight is 191 g/mol. The van der Waals surface area contributed by atoms with Crippen LogP contribution in [0.3, 0.4) is 0 Å². The van der Waals surface area contributed by atoms with Gasteiger partial charge in [0.15, 0.2) is 0 Å². The number of rotatable bonds is 1. The van der Waals surface area contributed by atoms with E-state index in [1.807, 2.05) is 6.20 Å². The van der Waals surface area contributed by atoms with Crippen LogP contribution >= 0.6 is 12.6 Å². The lowest BCUT2D eigenvalue weighted by molar-refractivity contribution is 1.13. The first kappa shape index (κ1) is 8.70. The minimum absolute atomic E-state index is 0.291. The molecule has 1 nitrogen and oxygen atoms in total.